The number of aromatic nitrogens is 3. The maximum atomic E-state index is 13.2. The predicted octanol–water partition coefficient (Wildman–Crippen LogP) is 3.67. The first-order valence-electron chi connectivity index (χ1n) is 7.28. The second kappa shape index (κ2) is 5.46. The Bertz CT molecular complexity index is 898. The van der Waals surface area contributed by atoms with Crippen LogP contribution in [0.5, 0.6) is 0 Å². The van der Waals surface area contributed by atoms with Crippen LogP contribution in [0.4, 0.5) is 4.39 Å². The molecule has 3 aromatic rings. The van der Waals surface area contributed by atoms with Gasteiger partial charge in [-0.05, 0) is 37.1 Å². The summed E-state index contributed by atoms with van der Waals surface area (Å²) in [6, 6.07) is 7.51. The lowest BCUT2D eigenvalue weighted by atomic mass is 9.98. The second-order valence-corrected chi connectivity index (χ2v) is 5.74. The number of carboxylic acid groups (broad SMARTS) is 1. The fourth-order valence-corrected chi connectivity index (χ4v) is 2.64. The number of hydrogen-bond donors (Lipinski definition) is 1. The summed E-state index contributed by atoms with van der Waals surface area (Å²) in [5.74, 6) is -1.52. The molecule has 5 nitrogen and oxygen atoms in total. The minimum Gasteiger partial charge on any atom is -0.478 e. The van der Waals surface area contributed by atoms with Crippen molar-refractivity contribution in [3.63, 3.8) is 0 Å². The van der Waals surface area contributed by atoms with Crippen molar-refractivity contribution in [2.24, 2.45) is 0 Å². The molecule has 0 aliphatic carbocycles. The number of aromatic carboxylic acids is 1. The van der Waals surface area contributed by atoms with Crippen LogP contribution in [-0.4, -0.2) is 25.7 Å². The van der Waals surface area contributed by atoms with Gasteiger partial charge in [-0.15, -0.1) is 0 Å². The normalized spacial score (nSPS) is 11.3. The molecule has 23 heavy (non-hydrogen) atoms. The summed E-state index contributed by atoms with van der Waals surface area (Å²) in [6.45, 7) is 5.60. The molecular weight excluding hydrogens is 297 g/mol. The Hall–Kier alpha value is -2.76. The van der Waals surface area contributed by atoms with E-state index in [2.05, 4.69) is 10.1 Å². The Balaban J connectivity index is 2.46. The fourth-order valence-electron chi connectivity index (χ4n) is 2.64. The van der Waals surface area contributed by atoms with Crippen LogP contribution in [-0.2, 0) is 0 Å². The van der Waals surface area contributed by atoms with Crippen molar-refractivity contribution in [3.05, 3.63) is 53.1 Å². The first-order chi connectivity index (χ1) is 10.9. The highest BCUT2D eigenvalue weighted by molar-refractivity contribution is 5.96. The fraction of sp³-hybridized carbons (Fsp3) is 0.235. The summed E-state index contributed by atoms with van der Waals surface area (Å²) in [7, 11) is 0. The first kappa shape index (κ1) is 15.1. The van der Waals surface area contributed by atoms with E-state index in [0.717, 1.165) is 5.69 Å². The topological polar surface area (TPSA) is 67.5 Å². The Morgan fingerprint density at radius 3 is 2.48 bits per heavy atom. The number of nitrogens with zero attached hydrogens (tertiary/aromatic N) is 3. The summed E-state index contributed by atoms with van der Waals surface area (Å²) in [5, 5.41) is 14.1. The standard InChI is InChI=1S/C17H16FN3O2/c1-9(2)15-14(17(22)23)16(11-4-6-12(18)7-5-11)21-13(19-15)8-10(3)20-21/h4-9H,1-3H3,(H,22,23). The molecule has 0 unspecified atom stereocenters. The van der Waals surface area contributed by atoms with E-state index < -0.39 is 5.97 Å². The van der Waals surface area contributed by atoms with Crippen molar-refractivity contribution in [3.8, 4) is 11.3 Å². The molecule has 118 valence electrons. The molecule has 0 bridgehead atoms. The van der Waals surface area contributed by atoms with Crippen molar-refractivity contribution in [1.29, 1.82) is 0 Å². The molecule has 0 saturated heterocycles. The van der Waals surface area contributed by atoms with Crippen LogP contribution in [0.3, 0.4) is 0 Å². The van der Waals surface area contributed by atoms with Crippen LogP contribution in [0.2, 0.25) is 0 Å². The van der Waals surface area contributed by atoms with Crippen LogP contribution >= 0.6 is 0 Å². The van der Waals surface area contributed by atoms with Crippen LogP contribution in [0.25, 0.3) is 16.9 Å². The lowest BCUT2D eigenvalue weighted by Gasteiger charge is -2.15. The van der Waals surface area contributed by atoms with Crippen molar-refractivity contribution in [1.82, 2.24) is 14.6 Å². The number of hydrogen-bond acceptors (Lipinski definition) is 3. The number of benzene rings is 1. The Labute approximate surface area is 132 Å². The third-order valence-corrected chi connectivity index (χ3v) is 3.63. The number of rotatable bonds is 3. The maximum absolute atomic E-state index is 13.2. The highest BCUT2D eigenvalue weighted by atomic mass is 19.1. The lowest BCUT2D eigenvalue weighted by Crippen LogP contribution is -2.13. The Kier molecular flexibility index (Phi) is 3.60. The molecule has 0 fully saturated rings. The molecule has 0 aliphatic rings. The van der Waals surface area contributed by atoms with Gasteiger partial charge in [0.15, 0.2) is 5.65 Å². The monoisotopic (exact) mass is 313 g/mol. The van der Waals surface area contributed by atoms with Gasteiger partial charge in [-0.25, -0.2) is 18.7 Å². The van der Waals surface area contributed by atoms with Gasteiger partial charge in [-0.3, -0.25) is 0 Å². The SMILES string of the molecule is Cc1cc2nc(C(C)C)c(C(=O)O)c(-c3ccc(F)cc3)n2n1. The van der Waals surface area contributed by atoms with Gasteiger partial charge in [0.05, 0.1) is 17.1 Å². The van der Waals surface area contributed by atoms with E-state index in [1.165, 1.54) is 16.6 Å². The second-order valence-electron chi connectivity index (χ2n) is 5.74. The number of halogens is 1. The molecule has 0 aliphatic heterocycles. The van der Waals surface area contributed by atoms with E-state index >= 15 is 0 Å². The van der Waals surface area contributed by atoms with Gasteiger partial charge < -0.3 is 5.11 Å². The van der Waals surface area contributed by atoms with Gasteiger partial charge in [0, 0.05) is 11.6 Å². The third-order valence-electron chi connectivity index (χ3n) is 3.63. The number of aryl methyl sites for hydroxylation is 1. The summed E-state index contributed by atoms with van der Waals surface area (Å²) >= 11 is 0. The Morgan fingerprint density at radius 2 is 1.91 bits per heavy atom. The number of fused-ring (bicyclic) bond motifs is 1. The average Bonchev–Trinajstić information content (AvgIpc) is 2.86. The number of carboxylic acids is 1. The van der Waals surface area contributed by atoms with E-state index in [0.29, 0.717) is 22.6 Å². The lowest BCUT2D eigenvalue weighted by molar-refractivity contribution is 0.0695. The molecule has 0 amide bonds. The summed E-state index contributed by atoms with van der Waals surface area (Å²) in [5.41, 5.74) is 2.90. The minimum atomic E-state index is -1.07. The van der Waals surface area contributed by atoms with Crippen molar-refractivity contribution < 1.29 is 14.3 Å². The zero-order valence-corrected chi connectivity index (χ0v) is 13.0. The van der Waals surface area contributed by atoms with Crippen LogP contribution < -0.4 is 0 Å². The molecule has 3 rings (SSSR count). The van der Waals surface area contributed by atoms with E-state index in [-0.39, 0.29) is 17.3 Å². The zero-order valence-electron chi connectivity index (χ0n) is 13.0. The quantitative estimate of drug-likeness (QED) is 0.801. The molecule has 6 heteroatoms. The molecule has 0 saturated carbocycles. The van der Waals surface area contributed by atoms with E-state index in [9.17, 15) is 14.3 Å². The van der Waals surface area contributed by atoms with Gasteiger partial charge in [0.25, 0.3) is 0 Å². The van der Waals surface area contributed by atoms with Crippen LogP contribution in [0, 0.1) is 12.7 Å². The highest BCUT2D eigenvalue weighted by Gasteiger charge is 2.24. The predicted molar refractivity (Wildman–Crippen MR) is 84.2 cm³/mol. The van der Waals surface area contributed by atoms with Gasteiger partial charge in [-0.1, -0.05) is 13.8 Å². The van der Waals surface area contributed by atoms with Gasteiger partial charge in [0.2, 0.25) is 0 Å². The summed E-state index contributed by atoms with van der Waals surface area (Å²) < 4.78 is 14.7. The van der Waals surface area contributed by atoms with Crippen molar-refractivity contribution in [2.75, 3.05) is 0 Å². The molecular formula is C17H16FN3O2. The molecule has 2 heterocycles. The van der Waals surface area contributed by atoms with Crippen molar-refractivity contribution >= 4 is 11.6 Å². The molecule has 2 aromatic heterocycles. The summed E-state index contributed by atoms with van der Waals surface area (Å²) in [6.07, 6.45) is 0. The highest BCUT2D eigenvalue weighted by Crippen LogP contribution is 2.30. The molecule has 1 aromatic carbocycles. The third kappa shape index (κ3) is 2.56. The zero-order chi connectivity index (χ0) is 16.7. The van der Waals surface area contributed by atoms with Crippen LogP contribution in [0.1, 0.15) is 41.5 Å². The average molecular weight is 313 g/mol. The number of carbonyl (C=O) groups is 1. The van der Waals surface area contributed by atoms with E-state index in [1.54, 1.807) is 18.2 Å². The maximum Gasteiger partial charge on any atom is 0.339 e. The molecule has 1 N–H and O–H groups in total. The smallest absolute Gasteiger partial charge is 0.339 e. The minimum absolute atomic E-state index is 0.0690. The first-order valence-corrected chi connectivity index (χ1v) is 7.28. The van der Waals surface area contributed by atoms with E-state index in [4.69, 9.17) is 0 Å². The van der Waals surface area contributed by atoms with Crippen molar-refractivity contribution in [2.45, 2.75) is 26.7 Å². The van der Waals surface area contributed by atoms with Crippen LogP contribution in [0.15, 0.2) is 30.3 Å². The molecule has 0 atom stereocenters. The van der Waals surface area contributed by atoms with Gasteiger partial charge in [0.1, 0.15) is 11.4 Å². The molecule has 0 spiro atoms. The van der Waals surface area contributed by atoms with E-state index in [1.807, 2.05) is 20.8 Å². The largest absolute Gasteiger partial charge is 0.478 e. The van der Waals surface area contributed by atoms with Gasteiger partial charge in [-0.2, -0.15) is 5.10 Å². The Morgan fingerprint density at radius 1 is 1.26 bits per heavy atom. The molecule has 0 radical (unpaired) electrons. The summed E-state index contributed by atoms with van der Waals surface area (Å²) in [4.78, 5) is 16.3. The van der Waals surface area contributed by atoms with Gasteiger partial charge >= 0.3 is 5.97 Å².